The third-order valence-corrected chi connectivity index (χ3v) is 21.1. The molecule has 0 spiro atoms. The van der Waals surface area contributed by atoms with Gasteiger partial charge in [-0.1, -0.05) is 53.4 Å². The Kier molecular flexibility index (Phi) is 18.8. The number of unbranched alkanes of at least 4 members (excludes halogenated alkanes) is 2. The number of amides is 3. The fourth-order valence-electron chi connectivity index (χ4n) is 12.2. The molecule has 1 saturated heterocycles. The summed E-state index contributed by atoms with van der Waals surface area (Å²) in [6.45, 7) is 9.08. The van der Waals surface area contributed by atoms with E-state index in [2.05, 4.69) is 20.6 Å². The number of aromatic carboxylic acids is 1. The van der Waals surface area contributed by atoms with E-state index in [1.54, 1.807) is 97.0 Å². The van der Waals surface area contributed by atoms with Crippen molar-refractivity contribution in [1.82, 2.24) is 39.6 Å². The lowest BCUT2D eigenvalue weighted by molar-refractivity contribution is -0.133. The number of imidazole rings is 1. The molecule has 6 aromatic rings. The predicted molar refractivity (Wildman–Crippen MR) is 353 cm³/mol. The molecule has 4 aromatic carbocycles. The van der Waals surface area contributed by atoms with Crippen molar-refractivity contribution in [2.75, 3.05) is 74.1 Å². The maximum Gasteiger partial charge on any atom is 0.337 e. The molecule has 1 atom stereocenters. The van der Waals surface area contributed by atoms with E-state index in [-0.39, 0.29) is 116 Å². The van der Waals surface area contributed by atoms with Crippen LogP contribution >= 0.6 is 46.6 Å². The number of hydrogen-bond acceptors (Lipinski definition) is 17. The summed E-state index contributed by atoms with van der Waals surface area (Å²) in [6, 6.07) is 13.4. The molecule has 24 nitrogen and oxygen atoms in total. The summed E-state index contributed by atoms with van der Waals surface area (Å²) >= 11 is 22.3. The first-order chi connectivity index (χ1) is 43.9. The fourth-order valence-corrected chi connectivity index (χ4v) is 15.5. The largest absolute Gasteiger partial charge is 0.478 e. The van der Waals surface area contributed by atoms with Crippen molar-refractivity contribution in [2.24, 2.45) is 0 Å². The zero-order valence-electron chi connectivity index (χ0n) is 51.3. The van der Waals surface area contributed by atoms with Gasteiger partial charge in [-0.15, -0.1) is 11.8 Å². The molecule has 0 aliphatic carbocycles. The number of hydrogen-bond donors (Lipinski definition) is 5. The molecule has 0 bridgehead atoms. The standard InChI is InChI=1S/C63H65Cl3N10O14S3/c1-62(2)26-36(31-92(82,83)84)39-22-41-46(24-43(39)72(62)5)90-47-25-44-40(37(32-93(85,86)87)27-63(3,4)73(44)6)23-42(47)53(41)54-55(60(80)81)56(64)58(66)59(57(54)65)91-30-51(78)68-14-9-7-8-10-52(79)74-18-19-76(49-13-15-69-61(71-49)75-17-16-67-33-75)38(29-74)21-50(77)70-28-35-11-12-45-48(20-35)89-34-88-45/h11-13,15-17,20,22-27,33,38H,7-10,14,18-19,21,28-32,34H2,1-6H3,(H4-,68,70,77,78,80,81,82,83,84,85,86,87)/p+1. The van der Waals surface area contributed by atoms with Crippen LogP contribution in [0.3, 0.4) is 0 Å². The predicted octanol–water partition coefficient (Wildman–Crippen LogP) is 7.28. The normalized spacial score (nSPS) is 16.9. The highest BCUT2D eigenvalue weighted by atomic mass is 35.5. The van der Waals surface area contributed by atoms with Gasteiger partial charge in [-0.3, -0.25) is 28.1 Å². The van der Waals surface area contributed by atoms with Gasteiger partial charge in [0.15, 0.2) is 17.0 Å². The molecule has 490 valence electrons. The van der Waals surface area contributed by atoms with Crippen LogP contribution in [0.4, 0.5) is 11.5 Å². The lowest BCUT2D eigenvalue weighted by Crippen LogP contribution is -2.56. The van der Waals surface area contributed by atoms with Crippen LogP contribution in [0.5, 0.6) is 23.0 Å². The molecule has 1 fully saturated rings. The van der Waals surface area contributed by atoms with Gasteiger partial charge in [0.2, 0.25) is 35.8 Å². The second kappa shape index (κ2) is 26.2. The van der Waals surface area contributed by atoms with Crippen LogP contribution in [0.1, 0.15) is 98.0 Å². The highest BCUT2D eigenvalue weighted by Crippen LogP contribution is 2.51. The molecule has 5 aliphatic heterocycles. The van der Waals surface area contributed by atoms with Crippen molar-refractivity contribution in [3.05, 3.63) is 145 Å². The topological polar surface area (TPSA) is 305 Å². The summed E-state index contributed by atoms with van der Waals surface area (Å²) < 4.78 is 92.2. The first-order valence-corrected chi connectivity index (χ1v) is 34.9. The molecule has 3 amide bonds. The van der Waals surface area contributed by atoms with Gasteiger partial charge in [0.25, 0.3) is 20.2 Å². The molecule has 30 heteroatoms. The van der Waals surface area contributed by atoms with Crippen molar-refractivity contribution < 1.29 is 64.4 Å². The number of piperazine rings is 1. The van der Waals surface area contributed by atoms with Crippen LogP contribution in [-0.2, 0) is 41.2 Å². The second-order valence-corrected chi connectivity index (χ2v) is 29.3. The van der Waals surface area contributed by atoms with Gasteiger partial charge in [0, 0.05) is 129 Å². The van der Waals surface area contributed by atoms with Gasteiger partial charge < -0.3 is 44.7 Å². The number of rotatable bonds is 21. The number of carboxylic acids is 1. The Morgan fingerprint density at radius 1 is 0.806 bits per heavy atom. The summed E-state index contributed by atoms with van der Waals surface area (Å²) in [5.41, 5.74) is 0.478. The van der Waals surface area contributed by atoms with Gasteiger partial charge >= 0.3 is 5.97 Å². The summed E-state index contributed by atoms with van der Waals surface area (Å²) in [5.74, 6) is -1.53. The van der Waals surface area contributed by atoms with E-state index in [0.29, 0.717) is 77.8 Å². The van der Waals surface area contributed by atoms with Crippen LogP contribution in [0.25, 0.3) is 22.7 Å². The number of fused-ring (bicyclic) bond motifs is 5. The highest BCUT2D eigenvalue weighted by molar-refractivity contribution is 8.00. The molecular weight excluding hydrogens is 1320 g/mol. The maximum atomic E-state index is 13.9. The molecule has 11 rings (SSSR count). The Morgan fingerprint density at radius 2 is 1.55 bits per heavy atom. The van der Waals surface area contributed by atoms with Crippen molar-refractivity contribution in [1.29, 1.82) is 0 Å². The van der Waals surface area contributed by atoms with Gasteiger partial charge in [0.05, 0.1) is 49.6 Å². The minimum absolute atomic E-state index is 0.0399. The summed E-state index contributed by atoms with van der Waals surface area (Å²) in [6.07, 6.45) is 11.9. The number of nitrogens with one attached hydrogen (secondary N) is 2. The van der Waals surface area contributed by atoms with Gasteiger partial charge in [0.1, 0.15) is 42.2 Å². The molecule has 2 aromatic heterocycles. The number of anilines is 2. The van der Waals surface area contributed by atoms with Crippen molar-refractivity contribution in [3.8, 4) is 28.9 Å². The van der Waals surface area contributed by atoms with Crippen LogP contribution in [-0.4, -0.2) is 161 Å². The van der Waals surface area contributed by atoms with E-state index in [1.165, 1.54) is 0 Å². The molecule has 1 unspecified atom stereocenters. The van der Waals surface area contributed by atoms with Crippen molar-refractivity contribution >= 4 is 119 Å². The van der Waals surface area contributed by atoms with Gasteiger partial charge in [-0.25, -0.2) is 19.3 Å². The Bertz CT molecular complexity index is 4530. The second-order valence-electron chi connectivity index (χ2n) is 24.2. The molecular formula is C63H66Cl3N10O14S3+. The lowest BCUT2D eigenvalue weighted by Gasteiger charge is -2.42. The van der Waals surface area contributed by atoms with E-state index < -0.39 is 71.3 Å². The number of nitrogens with zero attached hydrogens (tertiary/aromatic N) is 8. The van der Waals surface area contributed by atoms with Crippen LogP contribution in [0.2, 0.25) is 15.1 Å². The molecule has 5 N–H and O–H groups in total. The zero-order valence-corrected chi connectivity index (χ0v) is 56.0. The average Bonchev–Trinajstić information content (AvgIpc) is 1.05. The first-order valence-electron chi connectivity index (χ1n) is 29.5. The van der Waals surface area contributed by atoms with Crippen LogP contribution in [0, 0.1) is 0 Å². The van der Waals surface area contributed by atoms with E-state index in [0.717, 1.165) is 17.3 Å². The minimum atomic E-state index is -4.62. The third kappa shape index (κ3) is 14.2. The number of carbonyl (C=O) groups excluding carboxylic acids is 3. The number of halogens is 3. The first kappa shape index (κ1) is 66.7. The molecule has 7 heterocycles. The summed E-state index contributed by atoms with van der Waals surface area (Å²) in [4.78, 5) is 73.8. The smallest absolute Gasteiger partial charge is 0.337 e. The minimum Gasteiger partial charge on any atom is -0.478 e. The number of carboxylic acid groups (broad SMARTS) is 1. The SMILES string of the molecule is CN1c2cc3c(cc2C(CS(=O)(=O)O)=CC1(C)C)C(c1c(Cl)c(SCC(=O)NCCCCCC(=O)N2CCN(c4ccnc(-n5ccnc5)n4)C(CC(=O)NCc4ccc5c(c4)OCO5)C2)c(Cl)c(Cl)c1C(=O)O)=c1cc2c(cc1O3)=[N+](C)C(C)(C)C=C2CS(=O)(=O)O. The lowest BCUT2D eigenvalue weighted by atomic mass is 9.83. The Balaban J connectivity index is 0.809. The molecule has 0 saturated carbocycles. The average molecular weight is 1390 g/mol. The number of benzene rings is 4. The van der Waals surface area contributed by atoms with Crippen LogP contribution in [0.15, 0.2) is 90.5 Å². The van der Waals surface area contributed by atoms with E-state index >= 15 is 0 Å². The van der Waals surface area contributed by atoms with Crippen molar-refractivity contribution in [3.63, 3.8) is 0 Å². The number of ether oxygens (including phenoxy) is 3. The molecule has 0 radical (unpaired) electrons. The van der Waals surface area contributed by atoms with E-state index in [1.807, 2.05) is 54.2 Å². The van der Waals surface area contributed by atoms with Crippen molar-refractivity contribution in [2.45, 2.75) is 88.4 Å². The monoisotopic (exact) mass is 1390 g/mol. The van der Waals surface area contributed by atoms with Gasteiger partial charge in [-0.05, 0) is 79.8 Å². The van der Waals surface area contributed by atoms with E-state index in [9.17, 15) is 50.2 Å². The third-order valence-electron chi connectivity index (χ3n) is 17.2. The fraction of sp³-hybridized carbons (Fsp3) is 0.365. The van der Waals surface area contributed by atoms with E-state index in [4.69, 9.17) is 54.0 Å². The Labute approximate surface area is 555 Å². The van der Waals surface area contributed by atoms with Gasteiger partial charge in [-0.2, -0.15) is 21.8 Å². The number of thioether (sulfide) groups is 1. The quantitative estimate of drug-likeness (QED) is 0.0155. The summed E-state index contributed by atoms with van der Waals surface area (Å²) in [5, 5.41) is 16.8. The number of carbonyl (C=O) groups is 4. The number of likely N-dealkylation sites (N-methyl/N-ethyl adjacent to an activating group) is 2. The highest BCUT2D eigenvalue weighted by Gasteiger charge is 2.40. The molecule has 5 aliphatic rings. The maximum absolute atomic E-state index is 13.9. The van der Waals surface area contributed by atoms with Crippen LogP contribution < -0.4 is 49.8 Å². The Morgan fingerprint density at radius 3 is 2.27 bits per heavy atom. The number of aromatic nitrogens is 4. The zero-order chi connectivity index (χ0) is 66.6. The molecule has 93 heavy (non-hydrogen) atoms. The Hall–Kier alpha value is -7.76. The summed E-state index contributed by atoms with van der Waals surface area (Å²) in [7, 11) is -5.65.